The minimum atomic E-state index is 0.129. The summed E-state index contributed by atoms with van der Waals surface area (Å²) in [6.07, 6.45) is 2.15. The van der Waals surface area contributed by atoms with E-state index in [4.69, 9.17) is 6.57 Å². The maximum absolute atomic E-state index is 7.79. The van der Waals surface area contributed by atoms with Crippen molar-refractivity contribution in [2.45, 2.75) is 20.8 Å². The first-order valence-corrected chi connectivity index (χ1v) is 12.1. The van der Waals surface area contributed by atoms with Crippen molar-refractivity contribution in [1.29, 1.82) is 0 Å². The average Bonchev–Trinajstić information content (AvgIpc) is 3.14. The molecule has 0 spiro atoms. The third-order valence-corrected chi connectivity index (χ3v) is 8.65. The number of rotatable bonds is 2. The van der Waals surface area contributed by atoms with Gasteiger partial charge in [0.2, 0.25) is 0 Å². The zero-order valence-corrected chi connectivity index (χ0v) is 19.9. The van der Waals surface area contributed by atoms with Gasteiger partial charge in [-0.1, -0.05) is 0 Å². The van der Waals surface area contributed by atoms with Crippen molar-refractivity contribution >= 4 is 39.5 Å². The number of fused-ring (bicyclic) bond motifs is 3. The molecule has 31 heavy (non-hydrogen) atoms. The molecular formula is C28H23N2Se+. The number of hydrogen-bond acceptors (Lipinski definition) is 0. The predicted octanol–water partition coefficient (Wildman–Crippen LogP) is 6.68. The Hall–Kier alpha value is -3.18. The monoisotopic (exact) mass is 467 g/mol. The van der Waals surface area contributed by atoms with Gasteiger partial charge in [0.25, 0.3) is 0 Å². The van der Waals surface area contributed by atoms with Crippen LogP contribution in [0.2, 0.25) is 0 Å². The summed E-state index contributed by atoms with van der Waals surface area (Å²) >= 11 is 0.129. The zero-order valence-electron chi connectivity index (χ0n) is 18.2. The number of aromatic nitrogens is 1. The number of nitrogens with zero attached hydrogens (tertiary/aromatic N) is 2. The van der Waals surface area contributed by atoms with E-state index in [0.29, 0.717) is 0 Å². The van der Waals surface area contributed by atoms with E-state index < -0.39 is 0 Å². The molecule has 0 N–H and O–H groups in total. The molecule has 0 saturated carbocycles. The fourth-order valence-corrected chi connectivity index (χ4v) is 7.41. The van der Waals surface area contributed by atoms with Crippen LogP contribution in [-0.4, -0.2) is 14.5 Å². The van der Waals surface area contributed by atoms with E-state index in [1.807, 2.05) is 6.07 Å². The van der Waals surface area contributed by atoms with Crippen molar-refractivity contribution in [3.8, 4) is 22.4 Å². The summed E-state index contributed by atoms with van der Waals surface area (Å²) in [4.78, 5) is 3.89. The van der Waals surface area contributed by atoms with Gasteiger partial charge in [0.1, 0.15) is 0 Å². The first-order valence-electron chi connectivity index (χ1n) is 10.4. The van der Waals surface area contributed by atoms with E-state index in [-0.39, 0.29) is 14.5 Å². The van der Waals surface area contributed by atoms with Crippen molar-refractivity contribution in [2.75, 3.05) is 0 Å². The van der Waals surface area contributed by atoms with E-state index in [1.165, 1.54) is 47.2 Å². The van der Waals surface area contributed by atoms with Gasteiger partial charge in [-0.2, -0.15) is 0 Å². The van der Waals surface area contributed by atoms with Crippen LogP contribution < -0.4 is 4.57 Å². The summed E-state index contributed by atoms with van der Waals surface area (Å²) in [7, 11) is 2.12. The van der Waals surface area contributed by atoms with Crippen LogP contribution in [0.5, 0.6) is 0 Å². The van der Waals surface area contributed by atoms with Crippen molar-refractivity contribution < 1.29 is 4.57 Å². The van der Waals surface area contributed by atoms with Crippen molar-refractivity contribution in [3.63, 3.8) is 0 Å². The number of benzene rings is 3. The summed E-state index contributed by atoms with van der Waals surface area (Å²) < 4.78 is 4.99. The molecule has 0 fully saturated rings. The fourth-order valence-electron chi connectivity index (χ4n) is 4.33. The topological polar surface area (TPSA) is 8.24 Å². The molecule has 0 amide bonds. The summed E-state index contributed by atoms with van der Waals surface area (Å²) in [6, 6.07) is 21.7. The first kappa shape index (κ1) is 19.8. The third kappa shape index (κ3) is 3.20. The van der Waals surface area contributed by atoms with E-state index in [0.717, 1.165) is 16.8 Å². The van der Waals surface area contributed by atoms with Gasteiger partial charge in [0, 0.05) is 0 Å². The molecule has 0 aliphatic carbocycles. The van der Waals surface area contributed by atoms with E-state index in [9.17, 15) is 0 Å². The summed E-state index contributed by atoms with van der Waals surface area (Å²) in [5.74, 6) is 0. The molecule has 2 aromatic heterocycles. The fraction of sp³-hybridized carbons (Fsp3) is 0.143. The molecular weight excluding hydrogens is 443 g/mol. The van der Waals surface area contributed by atoms with Crippen LogP contribution in [0.3, 0.4) is 0 Å². The van der Waals surface area contributed by atoms with E-state index >= 15 is 0 Å². The quantitative estimate of drug-likeness (QED) is 0.156. The van der Waals surface area contributed by atoms with Crippen LogP contribution in [-0.2, 0) is 7.05 Å². The van der Waals surface area contributed by atoms with Crippen molar-refractivity contribution in [3.05, 3.63) is 95.0 Å². The zero-order chi connectivity index (χ0) is 21.7. The molecule has 3 heteroatoms. The number of pyridine rings is 1. The molecule has 0 atom stereocenters. The Bertz CT molecular complexity index is 1520. The van der Waals surface area contributed by atoms with Crippen molar-refractivity contribution in [1.82, 2.24) is 0 Å². The molecule has 0 saturated heterocycles. The SMILES string of the molecule is [C-]#[N+]c1ccc2c([se]c3c(-c4cc(C)cc[n+]4C)c(C)ccc32)c1-c1ccc(C)cc1. The Balaban J connectivity index is 1.91. The first-order chi connectivity index (χ1) is 15.0. The van der Waals surface area contributed by atoms with Crippen LogP contribution in [0, 0.1) is 27.3 Å². The molecule has 5 aromatic rings. The standard InChI is InChI=1S/C28H23N2Se/c1-17-6-9-20(10-7-17)26-23(29-4)13-12-22-21-11-8-19(3)25(27(21)31-28(22)26)24-16-18(2)14-15-30(24)5/h6-16H,1-3,5H3/q+1. The van der Waals surface area contributed by atoms with Gasteiger partial charge in [-0.25, -0.2) is 0 Å². The summed E-state index contributed by atoms with van der Waals surface area (Å²) in [5, 5.41) is 2.61. The Morgan fingerprint density at radius 3 is 2.16 bits per heavy atom. The molecule has 0 aliphatic rings. The molecule has 2 heterocycles. The second kappa shape index (κ2) is 7.50. The molecule has 0 radical (unpaired) electrons. The number of hydrogen-bond donors (Lipinski definition) is 0. The number of aryl methyl sites for hydroxylation is 4. The molecule has 0 unspecified atom stereocenters. The van der Waals surface area contributed by atoms with E-state index in [2.05, 4.69) is 98.0 Å². The Labute approximate surface area is 189 Å². The Morgan fingerprint density at radius 1 is 0.774 bits per heavy atom. The second-order valence-electron chi connectivity index (χ2n) is 8.25. The average molecular weight is 466 g/mol. The molecule has 2 nitrogen and oxygen atoms in total. The van der Waals surface area contributed by atoms with Crippen LogP contribution in [0.4, 0.5) is 5.69 Å². The van der Waals surface area contributed by atoms with Crippen LogP contribution in [0.25, 0.3) is 46.5 Å². The second-order valence-corrected chi connectivity index (χ2v) is 10.4. The van der Waals surface area contributed by atoms with Gasteiger partial charge in [-0.3, -0.25) is 0 Å². The van der Waals surface area contributed by atoms with Gasteiger partial charge in [0.05, 0.1) is 0 Å². The van der Waals surface area contributed by atoms with Gasteiger partial charge in [0.15, 0.2) is 0 Å². The van der Waals surface area contributed by atoms with Crippen LogP contribution in [0.1, 0.15) is 16.7 Å². The molecule has 0 bridgehead atoms. The molecule has 150 valence electrons. The minimum absolute atomic E-state index is 0.129. The molecule has 3 aromatic carbocycles. The van der Waals surface area contributed by atoms with Gasteiger partial charge >= 0.3 is 189 Å². The normalized spacial score (nSPS) is 11.2. The van der Waals surface area contributed by atoms with Crippen molar-refractivity contribution in [2.24, 2.45) is 7.05 Å². The summed E-state index contributed by atoms with van der Waals surface area (Å²) in [5.41, 5.74) is 9.41. The van der Waals surface area contributed by atoms with Gasteiger partial charge < -0.3 is 0 Å². The molecule has 5 rings (SSSR count). The van der Waals surface area contributed by atoms with E-state index in [1.54, 1.807) is 0 Å². The Kier molecular flexibility index (Phi) is 4.78. The maximum atomic E-state index is 7.79. The third-order valence-electron chi connectivity index (χ3n) is 6.02. The molecule has 0 aliphatic heterocycles. The van der Waals surface area contributed by atoms with Crippen LogP contribution in [0.15, 0.2) is 66.9 Å². The van der Waals surface area contributed by atoms with Gasteiger partial charge in [-0.05, 0) is 0 Å². The summed E-state index contributed by atoms with van der Waals surface area (Å²) in [6.45, 7) is 14.3. The Morgan fingerprint density at radius 2 is 1.45 bits per heavy atom. The predicted molar refractivity (Wildman–Crippen MR) is 131 cm³/mol. The van der Waals surface area contributed by atoms with Crippen LogP contribution >= 0.6 is 0 Å². The van der Waals surface area contributed by atoms with Gasteiger partial charge in [-0.15, -0.1) is 0 Å².